The van der Waals surface area contributed by atoms with E-state index in [2.05, 4.69) is 18.3 Å². The Kier molecular flexibility index (Phi) is 5.61. The average Bonchev–Trinajstić information content (AvgIpc) is 2.65. The summed E-state index contributed by atoms with van der Waals surface area (Å²) in [6.45, 7) is 5.56. The van der Waals surface area contributed by atoms with E-state index in [4.69, 9.17) is 0 Å². The molecule has 0 aliphatic carbocycles. The molecule has 0 radical (unpaired) electrons. The Balaban J connectivity index is 1.81. The molecule has 2 N–H and O–H groups in total. The molecular weight excluding hydrogens is 340 g/mol. The average molecular weight is 366 g/mol. The summed E-state index contributed by atoms with van der Waals surface area (Å²) in [6.07, 6.45) is 1.34. The molecule has 0 spiro atoms. The first kappa shape index (κ1) is 19.1. The fourth-order valence-electron chi connectivity index (χ4n) is 3.57. The van der Waals surface area contributed by atoms with Gasteiger partial charge in [-0.3, -0.25) is 9.59 Å². The van der Waals surface area contributed by atoms with Gasteiger partial charge in [-0.2, -0.15) is 0 Å². The number of amides is 2. The van der Waals surface area contributed by atoms with Gasteiger partial charge in [-0.05, 0) is 67.6 Å². The van der Waals surface area contributed by atoms with E-state index in [9.17, 15) is 14.7 Å². The van der Waals surface area contributed by atoms with E-state index < -0.39 is 6.10 Å². The predicted octanol–water partition coefficient (Wildman–Crippen LogP) is 3.15. The van der Waals surface area contributed by atoms with Crippen LogP contribution in [0.3, 0.4) is 0 Å². The van der Waals surface area contributed by atoms with Crippen molar-refractivity contribution < 1.29 is 14.7 Å². The lowest BCUT2D eigenvalue weighted by atomic mass is 9.93. The zero-order valence-corrected chi connectivity index (χ0v) is 16.0. The normalized spacial score (nSPS) is 17.2. The minimum Gasteiger partial charge on any atom is -0.392 e. The van der Waals surface area contributed by atoms with Crippen molar-refractivity contribution in [2.24, 2.45) is 0 Å². The maximum Gasteiger partial charge on any atom is 0.251 e. The Morgan fingerprint density at radius 1 is 1.19 bits per heavy atom. The lowest BCUT2D eigenvalue weighted by Crippen LogP contribution is -2.40. The van der Waals surface area contributed by atoms with E-state index in [1.54, 1.807) is 26.0 Å². The van der Waals surface area contributed by atoms with Crippen LogP contribution < -0.4 is 10.2 Å². The van der Waals surface area contributed by atoms with Crippen molar-refractivity contribution in [1.29, 1.82) is 0 Å². The Morgan fingerprint density at radius 3 is 2.48 bits per heavy atom. The number of hydrogen-bond donors (Lipinski definition) is 2. The number of aliphatic hydroxyl groups excluding tert-OH is 1. The number of aliphatic hydroxyl groups is 1. The molecule has 0 fully saturated rings. The molecule has 2 atom stereocenters. The van der Waals surface area contributed by atoms with Crippen molar-refractivity contribution in [2.45, 2.75) is 45.8 Å². The highest BCUT2D eigenvalue weighted by atomic mass is 16.3. The van der Waals surface area contributed by atoms with Crippen molar-refractivity contribution >= 4 is 17.5 Å². The molecule has 2 aromatic carbocycles. The molecule has 0 saturated carbocycles. The van der Waals surface area contributed by atoms with Gasteiger partial charge in [-0.1, -0.05) is 18.2 Å². The molecule has 5 nitrogen and oxygen atoms in total. The Morgan fingerprint density at radius 2 is 1.85 bits per heavy atom. The Labute approximate surface area is 160 Å². The Hall–Kier alpha value is -2.66. The minimum absolute atomic E-state index is 0.0729. The third-order valence-electron chi connectivity index (χ3n) is 4.99. The van der Waals surface area contributed by atoms with Crippen LogP contribution in [-0.2, 0) is 11.2 Å². The number of carbonyl (C=O) groups excluding carboxylic acids is 2. The van der Waals surface area contributed by atoms with Gasteiger partial charge in [0.2, 0.25) is 5.91 Å². The van der Waals surface area contributed by atoms with E-state index in [1.165, 1.54) is 5.56 Å². The van der Waals surface area contributed by atoms with Gasteiger partial charge in [0.05, 0.1) is 6.10 Å². The maximum absolute atomic E-state index is 12.1. The standard InChI is InChI=1S/C22H26N2O3/c1-14-4-5-20-12-19(10-11-21(20)24(14)16(3)26)17-6-8-18(9-7-17)22(27)23-13-15(2)25/h6-12,14-15,25H,4-5,13H2,1-3H3,(H,23,27)/t14-,15?/m0/s1. The third-order valence-corrected chi connectivity index (χ3v) is 4.99. The van der Waals surface area contributed by atoms with Crippen molar-refractivity contribution in [2.75, 3.05) is 11.4 Å². The number of aryl methyl sites for hydroxylation is 1. The molecule has 0 aromatic heterocycles. The number of benzene rings is 2. The van der Waals surface area contributed by atoms with Gasteiger partial charge in [-0.25, -0.2) is 0 Å². The molecule has 27 heavy (non-hydrogen) atoms. The molecule has 1 aliphatic heterocycles. The monoisotopic (exact) mass is 366 g/mol. The molecule has 3 rings (SSSR count). The van der Waals surface area contributed by atoms with Crippen LogP contribution in [0.2, 0.25) is 0 Å². The molecule has 2 amide bonds. The predicted molar refractivity (Wildman–Crippen MR) is 107 cm³/mol. The van der Waals surface area contributed by atoms with Crippen LogP contribution in [0.15, 0.2) is 42.5 Å². The lowest BCUT2D eigenvalue weighted by Gasteiger charge is -2.34. The molecule has 0 bridgehead atoms. The third kappa shape index (κ3) is 4.19. The smallest absolute Gasteiger partial charge is 0.251 e. The van der Waals surface area contributed by atoms with Crippen molar-refractivity contribution in [3.05, 3.63) is 53.6 Å². The summed E-state index contributed by atoms with van der Waals surface area (Å²) in [7, 11) is 0. The highest BCUT2D eigenvalue weighted by Crippen LogP contribution is 2.34. The number of carbonyl (C=O) groups is 2. The second kappa shape index (κ2) is 7.92. The molecule has 142 valence electrons. The van der Waals surface area contributed by atoms with Crippen LogP contribution in [-0.4, -0.2) is 35.6 Å². The van der Waals surface area contributed by atoms with Crippen LogP contribution in [0.25, 0.3) is 11.1 Å². The van der Waals surface area contributed by atoms with Crippen LogP contribution in [0.4, 0.5) is 5.69 Å². The summed E-state index contributed by atoms with van der Waals surface area (Å²) < 4.78 is 0. The maximum atomic E-state index is 12.1. The van der Waals surface area contributed by atoms with E-state index in [0.717, 1.165) is 29.7 Å². The number of fused-ring (bicyclic) bond motifs is 1. The fourth-order valence-corrected chi connectivity index (χ4v) is 3.57. The van der Waals surface area contributed by atoms with Gasteiger partial charge in [-0.15, -0.1) is 0 Å². The zero-order chi connectivity index (χ0) is 19.6. The number of nitrogens with one attached hydrogen (secondary N) is 1. The zero-order valence-electron chi connectivity index (χ0n) is 16.0. The van der Waals surface area contributed by atoms with E-state index in [0.29, 0.717) is 5.56 Å². The van der Waals surface area contributed by atoms with Crippen LogP contribution >= 0.6 is 0 Å². The molecule has 1 unspecified atom stereocenters. The number of hydrogen-bond acceptors (Lipinski definition) is 3. The van der Waals surface area contributed by atoms with E-state index >= 15 is 0 Å². The molecule has 1 heterocycles. The summed E-state index contributed by atoms with van der Waals surface area (Å²) in [5.74, 6) is -0.122. The SMILES string of the molecule is CC(=O)N1c2ccc(-c3ccc(C(=O)NCC(C)O)cc3)cc2CC[C@@H]1C. The largest absolute Gasteiger partial charge is 0.392 e. The number of rotatable bonds is 4. The Bertz CT molecular complexity index is 843. The van der Waals surface area contributed by atoms with Gasteiger partial charge < -0.3 is 15.3 Å². The molecular formula is C22H26N2O3. The van der Waals surface area contributed by atoms with Gasteiger partial charge in [0, 0.05) is 30.8 Å². The first-order valence-corrected chi connectivity index (χ1v) is 9.36. The molecule has 5 heteroatoms. The summed E-state index contributed by atoms with van der Waals surface area (Å²) >= 11 is 0. The number of anilines is 1. The van der Waals surface area contributed by atoms with E-state index in [1.807, 2.05) is 29.2 Å². The topological polar surface area (TPSA) is 69.6 Å². The highest BCUT2D eigenvalue weighted by Gasteiger charge is 2.26. The summed E-state index contributed by atoms with van der Waals surface area (Å²) in [5, 5.41) is 12.0. The molecule has 2 aromatic rings. The van der Waals surface area contributed by atoms with Crippen LogP contribution in [0, 0.1) is 0 Å². The molecule has 1 aliphatic rings. The summed E-state index contributed by atoms with van der Waals surface area (Å²) in [5.41, 5.74) is 4.84. The van der Waals surface area contributed by atoms with Gasteiger partial charge >= 0.3 is 0 Å². The van der Waals surface area contributed by atoms with Gasteiger partial charge in [0.1, 0.15) is 0 Å². The van der Waals surface area contributed by atoms with E-state index in [-0.39, 0.29) is 24.4 Å². The van der Waals surface area contributed by atoms with Crippen LogP contribution in [0.1, 0.15) is 43.1 Å². The highest BCUT2D eigenvalue weighted by molar-refractivity contribution is 5.95. The second-order valence-corrected chi connectivity index (χ2v) is 7.26. The van der Waals surface area contributed by atoms with Gasteiger partial charge in [0.25, 0.3) is 5.91 Å². The second-order valence-electron chi connectivity index (χ2n) is 7.26. The van der Waals surface area contributed by atoms with Crippen molar-refractivity contribution in [1.82, 2.24) is 5.32 Å². The van der Waals surface area contributed by atoms with Crippen LogP contribution in [0.5, 0.6) is 0 Å². The first-order chi connectivity index (χ1) is 12.9. The number of nitrogens with zero attached hydrogens (tertiary/aromatic N) is 1. The lowest BCUT2D eigenvalue weighted by molar-refractivity contribution is -0.117. The minimum atomic E-state index is -0.569. The first-order valence-electron chi connectivity index (χ1n) is 9.36. The van der Waals surface area contributed by atoms with Gasteiger partial charge in [0.15, 0.2) is 0 Å². The molecule has 0 saturated heterocycles. The summed E-state index contributed by atoms with van der Waals surface area (Å²) in [4.78, 5) is 25.9. The van der Waals surface area contributed by atoms with Crippen molar-refractivity contribution in [3.63, 3.8) is 0 Å². The summed E-state index contributed by atoms with van der Waals surface area (Å²) in [6, 6.07) is 13.8. The van der Waals surface area contributed by atoms with Crippen molar-refractivity contribution in [3.8, 4) is 11.1 Å². The fraction of sp³-hybridized carbons (Fsp3) is 0.364. The quantitative estimate of drug-likeness (QED) is 0.873.